The van der Waals surface area contributed by atoms with Gasteiger partial charge in [-0.3, -0.25) is 4.79 Å². The maximum atomic E-state index is 12.1. The quantitative estimate of drug-likeness (QED) is 0.848. The molecule has 112 valence electrons. The van der Waals surface area contributed by atoms with Gasteiger partial charge in [0.2, 0.25) is 5.91 Å². The van der Waals surface area contributed by atoms with Crippen molar-refractivity contribution in [3.63, 3.8) is 0 Å². The minimum absolute atomic E-state index is 0.0780. The second-order valence-corrected chi connectivity index (χ2v) is 6.48. The predicted molar refractivity (Wildman–Crippen MR) is 82.9 cm³/mol. The first-order valence-corrected chi connectivity index (χ1v) is 8.49. The first-order chi connectivity index (χ1) is 9.69. The van der Waals surface area contributed by atoms with Gasteiger partial charge in [0, 0.05) is 17.5 Å². The van der Waals surface area contributed by atoms with Crippen molar-refractivity contribution in [3.05, 3.63) is 16.1 Å². The van der Waals surface area contributed by atoms with Crippen molar-refractivity contribution in [2.24, 2.45) is 5.92 Å². The van der Waals surface area contributed by atoms with E-state index in [2.05, 4.69) is 22.5 Å². The van der Waals surface area contributed by atoms with Crippen LogP contribution in [-0.2, 0) is 4.79 Å². The van der Waals surface area contributed by atoms with Gasteiger partial charge in [0.25, 0.3) is 0 Å². The van der Waals surface area contributed by atoms with Gasteiger partial charge in [0.05, 0.1) is 6.04 Å². The van der Waals surface area contributed by atoms with Gasteiger partial charge in [-0.05, 0) is 51.6 Å². The molecule has 2 rings (SSSR count). The van der Waals surface area contributed by atoms with Crippen LogP contribution in [0, 0.1) is 12.8 Å². The van der Waals surface area contributed by atoms with Crippen molar-refractivity contribution in [2.45, 2.75) is 52.0 Å². The Kier molecular flexibility index (Phi) is 5.98. The molecule has 1 saturated heterocycles. The summed E-state index contributed by atoms with van der Waals surface area (Å²) in [6.07, 6.45) is 4.96. The fraction of sp³-hybridized carbons (Fsp3) is 0.733. The van der Waals surface area contributed by atoms with Crippen LogP contribution >= 0.6 is 11.3 Å². The van der Waals surface area contributed by atoms with Crippen molar-refractivity contribution in [2.75, 3.05) is 13.1 Å². The molecule has 1 fully saturated rings. The maximum Gasteiger partial charge on any atom is 0.220 e. The van der Waals surface area contributed by atoms with Gasteiger partial charge in [-0.2, -0.15) is 0 Å². The van der Waals surface area contributed by atoms with Gasteiger partial charge in [0.1, 0.15) is 5.01 Å². The van der Waals surface area contributed by atoms with E-state index in [9.17, 15) is 4.79 Å². The van der Waals surface area contributed by atoms with E-state index < -0.39 is 0 Å². The third-order valence-electron chi connectivity index (χ3n) is 3.92. The number of aromatic nitrogens is 1. The van der Waals surface area contributed by atoms with Crippen molar-refractivity contribution in [1.29, 1.82) is 0 Å². The summed E-state index contributed by atoms with van der Waals surface area (Å²) in [6, 6.07) is 0.0780. The molecule has 1 aliphatic heterocycles. The summed E-state index contributed by atoms with van der Waals surface area (Å²) >= 11 is 1.64. The first-order valence-electron chi connectivity index (χ1n) is 7.61. The molecule has 0 spiro atoms. The number of nitrogens with zero attached hydrogens (tertiary/aromatic N) is 1. The number of carbonyl (C=O) groups excluding carboxylic acids is 1. The van der Waals surface area contributed by atoms with E-state index in [0.717, 1.165) is 36.6 Å². The molecule has 0 aromatic carbocycles. The number of carbonyl (C=O) groups is 1. The summed E-state index contributed by atoms with van der Waals surface area (Å²) in [4.78, 5) is 16.6. The molecular formula is C15H25N3OS. The van der Waals surface area contributed by atoms with E-state index in [1.54, 1.807) is 11.3 Å². The van der Waals surface area contributed by atoms with Crippen molar-refractivity contribution >= 4 is 17.2 Å². The van der Waals surface area contributed by atoms with Gasteiger partial charge in [-0.15, -0.1) is 11.3 Å². The molecule has 0 saturated carbocycles. The van der Waals surface area contributed by atoms with Gasteiger partial charge in [-0.25, -0.2) is 4.98 Å². The molecule has 2 heterocycles. The van der Waals surface area contributed by atoms with E-state index in [1.807, 2.05) is 12.3 Å². The summed E-state index contributed by atoms with van der Waals surface area (Å²) in [6.45, 7) is 6.28. The Morgan fingerprint density at radius 2 is 2.30 bits per heavy atom. The van der Waals surface area contributed by atoms with Crippen LogP contribution in [0.2, 0.25) is 0 Å². The summed E-state index contributed by atoms with van der Waals surface area (Å²) in [5.41, 5.74) is 1.03. The molecule has 1 aromatic heterocycles. The van der Waals surface area contributed by atoms with Gasteiger partial charge in [0.15, 0.2) is 0 Å². The molecule has 0 bridgehead atoms. The Balaban J connectivity index is 1.77. The minimum atomic E-state index is 0.0780. The Morgan fingerprint density at radius 1 is 1.55 bits per heavy atom. The van der Waals surface area contributed by atoms with Crippen LogP contribution < -0.4 is 10.6 Å². The number of hydrogen-bond acceptors (Lipinski definition) is 4. The fourth-order valence-corrected chi connectivity index (χ4v) is 3.57. The molecule has 2 N–H and O–H groups in total. The third-order valence-corrected chi connectivity index (χ3v) is 4.99. The van der Waals surface area contributed by atoms with E-state index in [1.165, 1.54) is 12.8 Å². The minimum Gasteiger partial charge on any atom is -0.347 e. The zero-order valence-corrected chi connectivity index (χ0v) is 13.3. The molecule has 1 unspecified atom stereocenters. The highest BCUT2D eigenvalue weighted by Crippen LogP contribution is 2.22. The van der Waals surface area contributed by atoms with E-state index in [-0.39, 0.29) is 11.9 Å². The Labute approximate surface area is 125 Å². The second-order valence-electron chi connectivity index (χ2n) is 5.59. The van der Waals surface area contributed by atoms with E-state index in [0.29, 0.717) is 12.3 Å². The van der Waals surface area contributed by atoms with Gasteiger partial charge in [-0.1, -0.05) is 6.92 Å². The molecule has 20 heavy (non-hydrogen) atoms. The van der Waals surface area contributed by atoms with Crippen LogP contribution in [0.15, 0.2) is 5.38 Å². The summed E-state index contributed by atoms with van der Waals surface area (Å²) < 4.78 is 0. The van der Waals surface area contributed by atoms with Crippen LogP contribution in [0.25, 0.3) is 0 Å². The van der Waals surface area contributed by atoms with Crippen LogP contribution in [0.4, 0.5) is 0 Å². The Morgan fingerprint density at radius 3 is 2.90 bits per heavy atom. The highest BCUT2D eigenvalue weighted by molar-refractivity contribution is 7.09. The highest BCUT2D eigenvalue weighted by Gasteiger charge is 2.18. The number of thiazole rings is 1. The SMILES string of the molecule is CCC(NC(=O)CCC1CCNCC1)c1nc(C)cs1. The number of rotatable bonds is 6. The number of amides is 1. The zero-order chi connectivity index (χ0) is 14.4. The largest absolute Gasteiger partial charge is 0.347 e. The smallest absolute Gasteiger partial charge is 0.220 e. The predicted octanol–water partition coefficient (Wildman–Crippen LogP) is 2.80. The molecule has 0 aliphatic carbocycles. The lowest BCUT2D eigenvalue weighted by molar-refractivity contribution is -0.122. The number of aryl methyl sites for hydroxylation is 1. The lowest BCUT2D eigenvalue weighted by Gasteiger charge is -2.22. The molecule has 1 aliphatic rings. The topological polar surface area (TPSA) is 54.0 Å². The van der Waals surface area contributed by atoms with Crippen molar-refractivity contribution in [3.8, 4) is 0 Å². The van der Waals surface area contributed by atoms with Crippen LogP contribution in [0.1, 0.15) is 55.8 Å². The summed E-state index contributed by atoms with van der Waals surface area (Å²) in [5, 5.41) is 9.56. The van der Waals surface area contributed by atoms with E-state index in [4.69, 9.17) is 0 Å². The molecule has 1 atom stereocenters. The van der Waals surface area contributed by atoms with Crippen molar-refractivity contribution < 1.29 is 4.79 Å². The number of nitrogens with one attached hydrogen (secondary N) is 2. The molecule has 1 aromatic rings. The number of hydrogen-bond donors (Lipinski definition) is 2. The summed E-state index contributed by atoms with van der Waals surface area (Å²) in [7, 11) is 0. The standard InChI is InChI=1S/C15H25N3OS/c1-3-13(15-17-11(2)10-20-15)18-14(19)5-4-12-6-8-16-9-7-12/h10,12-13,16H,3-9H2,1-2H3,(H,18,19). The lowest BCUT2D eigenvalue weighted by Crippen LogP contribution is -2.31. The van der Waals surface area contributed by atoms with Gasteiger partial charge >= 0.3 is 0 Å². The van der Waals surface area contributed by atoms with Crippen molar-refractivity contribution in [1.82, 2.24) is 15.6 Å². The monoisotopic (exact) mass is 295 g/mol. The molecule has 0 radical (unpaired) electrons. The zero-order valence-electron chi connectivity index (χ0n) is 12.4. The third kappa shape index (κ3) is 4.56. The van der Waals surface area contributed by atoms with Crippen LogP contribution in [0.5, 0.6) is 0 Å². The Hall–Kier alpha value is -0.940. The normalized spacial score (nSPS) is 17.9. The maximum absolute atomic E-state index is 12.1. The lowest BCUT2D eigenvalue weighted by atomic mass is 9.93. The molecule has 4 nitrogen and oxygen atoms in total. The average Bonchev–Trinajstić information content (AvgIpc) is 2.90. The summed E-state index contributed by atoms with van der Waals surface area (Å²) in [5.74, 6) is 0.882. The average molecular weight is 295 g/mol. The molecule has 1 amide bonds. The highest BCUT2D eigenvalue weighted by atomic mass is 32.1. The van der Waals surface area contributed by atoms with E-state index >= 15 is 0 Å². The van der Waals surface area contributed by atoms with Gasteiger partial charge < -0.3 is 10.6 Å². The number of piperidine rings is 1. The first kappa shape index (κ1) is 15.4. The Bertz CT molecular complexity index is 427. The molecular weight excluding hydrogens is 270 g/mol. The second kappa shape index (κ2) is 7.74. The molecule has 5 heteroatoms. The fourth-order valence-electron chi connectivity index (χ4n) is 2.64. The van der Waals surface area contributed by atoms with Crippen LogP contribution in [0.3, 0.4) is 0 Å². The van der Waals surface area contributed by atoms with Crippen LogP contribution in [-0.4, -0.2) is 24.0 Å².